The van der Waals surface area contributed by atoms with Crippen LogP contribution in [-0.4, -0.2) is 32.3 Å². The molecule has 2 rings (SSSR count). The van der Waals surface area contributed by atoms with E-state index in [0.717, 1.165) is 16.1 Å². The van der Waals surface area contributed by atoms with Gasteiger partial charge in [-0.2, -0.15) is 0 Å². The van der Waals surface area contributed by atoms with Crippen LogP contribution in [0.25, 0.3) is 0 Å². The highest BCUT2D eigenvalue weighted by molar-refractivity contribution is 7.92. The lowest BCUT2D eigenvalue weighted by Gasteiger charge is -2.25. The van der Waals surface area contributed by atoms with Crippen molar-refractivity contribution in [3.8, 4) is 0 Å². The minimum atomic E-state index is -3.63. The molecule has 0 aliphatic carbocycles. The zero-order valence-electron chi connectivity index (χ0n) is 14.1. The lowest BCUT2D eigenvalue weighted by atomic mass is 10.0. The number of anilines is 2. The van der Waals surface area contributed by atoms with Gasteiger partial charge in [0.25, 0.3) is 0 Å². The molecular formula is C16H21N3O4S. The monoisotopic (exact) mass is 351 g/mol. The zero-order chi connectivity index (χ0) is 17.9. The van der Waals surface area contributed by atoms with Crippen molar-refractivity contribution in [1.82, 2.24) is 5.16 Å². The van der Waals surface area contributed by atoms with Gasteiger partial charge in [0, 0.05) is 6.07 Å². The summed E-state index contributed by atoms with van der Waals surface area (Å²) in [6, 6.07) is 8.71. The third-order valence-electron chi connectivity index (χ3n) is 3.41. The topological polar surface area (TPSA) is 92.5 Å². The summed E-state index contributed by atoms with van der Waals surface area (Å²) in [5.41, 5.74) is 1.36. The maximum atomic E-state index is 12.2. The van der Waals surface area contributed by atoms with E-state index in [2.05, 4.69) is 10.5 Å². The molecule has 0 spiro atoms. The van der Waals surface area contributed by atoms with Gasteiger partial charge >= 0.3 is 0 Å². The molecule has 0 atom stereocenters. The Morgan fingerprint density at radius 3 is 2.54 bits per heavy atom. The van der Waals surface area contributed by atoms with E-state index in [1.807, 2.05) is 26.0 Å². The fourth-order valence-electron chi connectivity index (χ4n) is 2.32. The second-order valence-electron chi connectivity index (χ2n) is 5.85. The summed E-state index contributed by atoms with van der Waals surface area (Å²) in [4.78, 5) is 12.2. The number of carbonyl (C=O) groups excluding carboxylic acids is 1. The number of amides is 1. The average molecular weight is 351 g/mol. The van der Waals surface area contributed by atoms with Crippen molar-refractivity contribution in [2.45, 2.75) is 26.7 Å². The molecule has 0 unspecified atom stereocenters. The Labute approximate surface area is 141 Å². The zero-order valence-corrected chi connectivity index (χ0v) is 14.9. The maximum absolute atomic E-state index is 12.2. The van der Waals surface area contributed by atoms with Crippen molar-refractivity contribution in [1.29, 1.82) is 0 Å². The SMILES string of the molecule is Cc1cc(NC(=O)CN(c2ccccc2C(C)C)S(C)(=O)=O)no1. The molecule has 1 aromatic carbocycles. The van der Waals surface area contributed by atoms with Crippen LogP contribution in [0.15, 0.2) is 34.9 Å². The van der Waals surface area contributed by atoms with E-state index in [4.69, 9.17) is 4.52 Å². The van der Waals surface area contributed by atoms with Crippen molar-refractivity contribution in [3.63, 3.8) is 0 Å². The molecule has 1 N–H and O–H groups in total. The molecule has 0 aliphatic rings. The largest absolute Gasteiger partial charge is 0.360 e. The van der Waals surface area contributed by atoms with E-state index in [1.54, 1.807) is 25.1 Å². The van der Waals surface area contributed by atoms with Crippen LogP contribution in [-0.2, 0) is 14.8 Å². The highest BCUT2D eigenvalue weighted by atomic mass is 32.2. The van der Waals surface area contributed by atoms with E-state index < -0.39 is 15.9 Å². The van der Waals surface area contributed by atoms with Gasteiger partial charge in [-0.1, -0.05) is 37.2 Å². The van der Waals surface area contributed by atoms with Gasteiger partial charge in [0.05, 0.1) is 11.9 Å². The molecule has 0 aliphatic heterocycles. The molecule has 24 heavy (non-hydrogen) atoms. The second-order valence-corrected chi connectivity index (χ2v) is 7.76. The molecule has 1 amide bonds. The van der Waals surface area contributed by atoms with Crippen LogP contribution in [0.4, 0.5) is 11.5 Å². The summed E-state index contributed by atoms with van der Waals surface area (Å²) in [5, 5.41) is 6.20. The van der Waals surface area contributed by atoms with E-state index in [9.17, 15) is 13.2 Å². The quantitative estimate of drug-likeness (QED) is 0.863. The molecule has 0 bridgehead atoms. The molecule has 1 heterocycles. The van der Waals surface area contributed by atoms with Crippen LogP contribution >= 0.6 is 0 Å². The number of aryl methyl sites for hydroxylation is 1. The third-order valence-corrected chi connectivity index (χ3v) is 4.54. The normalized spacial score (nSPS) is 11.5. The summed E-state index contributed by atoms with van der Waals surface area (Å²) >= 11 is 0. The number of rotatable bonds is 6. The smallest absolute Gasteiger partial charge is 0.246 e. The Balaban J connectivity index is 2.29. The Morgan fingerprint density at radius 2 is 2.00 bits per heavy atom. The Bertz CT molecular complexity index is 827. The summed E-state index contributed by atoms with van der Waals surface area (Å²) in [5.74, 6) is 0.428. The first-order chi connectivity index (χ1) is 11.2. The van der Waals surface area contributed by atoms with Crippen molar-refractivity contribution in [2.75, 3.05) is 22.4 Å². The fraction of sp³-hybridized carbons (Fsp3) is 0.375. The lowest BCUT2D eigenvalue weighted by molar-refractivity contribution is -0.114. The van der Waals surface area contributed by atoms with Gasteiger partial charge in [-0.05, 0) is 24.5 Å². The van der Waals surface area contributed by atoms with Crippen molar-refractivity contribution in [3.05, 3.63) is 41.7 Å². The van der Waals surface area contributed by atoms with E-state index >= 15 is 0 Å². The molecular weight excluding hydrogens is 330 g/mol. The standard InChI is InChI=1S/C16H21N3O4S/c1-11(2)13-7-5-6-8-14(13)19(24(4,21)22)10-16(20)17-15-9-12(3)23-18-15/h5-9,11H,10H2,1-4H3,(H,17,18,20). The van der Waals surface area contributed by atoms with Crippen LogP contribution in [0.1, 0.15) is 31.1 Å². The van der Waals surface area contributed by atoms with E-state index in [-0.39, 0.29) is 18.3 Å². The minimum absolute atomic E-state index is 0.117. The number of nitrogens with one attached hydrogen (secondary N) is 1. The second kappa shape index (κ2) is 7.04. The molecule has 1 aromatic heterocycles. The molecule has 7 nitrogen and oxygen atoms in total. The first kappa shape index (κ1) is 18.0. The van der Waals surface area contributed by atoms with Crippen LogP contribution in [0.5, 0.6) is 0 Å². The predicted octanol–water partition coefficient (Wildman–Crippen LogP) is 2.51. The van der Waals surface area contributed by atoms with Gasteiger partial charge in [-0.15, -0.1) is 0 Å². The summed E-state index contributed by atoms with van der Waals surface area (Å²) in [6.45, 7) is 5.30. The van der Waals surface area contributed by atoms with Gasteiger partial charge in [0.15, 0.2) is 5.82 Å². The number of carbonyl (C=O) groups is 1. The highest BCUT2D eigenvalue weighted by Crippen LogP contribution is 2.28. The Morgan fingerprint density at radius 1 is 1.33 bits per heavy atom. The van der Waals surface area contributed by atoms with Crippen LogP contribution in [0, 0.1) is 6.92 Å². The molecule has 130 valence electrons. The first-order valence-electron chi connectivity index (χ1n) is 7.48. The molecule has 8 heteroatoms. The van der Waals surface area contributed by atoms with Crippen LogP contribution < -0.4 is 9.62 Å². The average Bonchev–Trinajstić information content (AvgIpc) is 2.88. The van der Waals surface area contributed by atoms with Gasteiger partial charge < -0.3 is 9.84 Å². The van der Waals surface area contributed by atoms with Crippen molar-refractivity contribution < 1.29 is 17.7 Å². The first-order valence-corrected chi connectivity index (χ1v) is 9.33. The van der Waals surface area contributed by atoms with Gasteiger partial charge in [-0.25, -0.2) is 8.42 Å². The van der Waals surface area contributed by atoms with Crippen LogP contribution in [0.2, 0.25) is 0 Å². The molecule has 0 fully saturated rings. The number of nitrogens with zero attached hydrogens (tertiary/aromatic N) is 2. The molecule has 0 radical (unpaired) electrons. The van der Waals surface area contributed by atoms with Crippen LogP contribution in [0.3, 0.4) is 0 Å². The number of hydrogen-bond acceptors (Lipinski definition) is 5. The fourth-order valence-corrected chi connectivity index (χ4v) is 3.20. The van der Waals surface area contributed by atoms with Gasteiger partial charge in [0.2, 0.25) is 15.9 Å². The van der Waals surface area contributed by atoms with E-state index in [1.165, 1.54) is 0 Å². The Kier molecular flexibility index (Phi) is 5.28. The summed E-state index contributed by atoms with van der Waals surface area (Å²) in [6.07, 6.45) is 1.08. The number of benzene rings is 1. The van der Waals surface area contributed by atoms with E-state index in [0.29, 0.717) is 11.4 Å². The van der Waals surface area contributed by atoms with Gasteiger partial charge in [-0.3, -0.25) is 9.10 Å². The number of sulfonamides is 1. The van der Waals surface area contributed by atoms with Gasteiger partial charge in [0.1, 0.15) is 12.3 Å². The van der Waals surface area contributed by atoms with Crippen molar-refractivity contribution in [2.24, 2.45) is 0 Å². The minimum Gasteiger partial charge on any atom is -0.360 e. The number of hydrogen-bond donors (Lipinski definition) is 1. The number of para-hydroxylation sites is 1. The highest BCUT2D eigenvalue weighted by Gasteiger charge is 2.24. The summed E-state index contributed by atoms with van der Waals surface area (Å²) < 4.78 is 30.4. The molecule has 0 saturated carbocycles. The predicted molar refractivity (Wildman–Crippen MR) is 92.6 cm³/mol. The lowest BCUT2D eigenvalue weighted by Crippen LogP contribution is -2.38. The molecule has 2 aromatic rings. The Hall–Kier alpha value is -2.35. The molecule has 0 saturated heterocycles. The number of aromatic nitrogens is 1. The summed E-state index contributed by atoms with van der Waals surface area (Å²) in [7, 11) is -3.63. The maximum Gasteiger partial charge on any atom is 0.246 e. The van der Waals surface area contributed by atoms with Crippen molar-refractivity contribution >= 4 is 27.4 Å². The third kappa shape index (κ3) is 4.35.